The van der Waals surface area contributed by atoms with Gasteiger partial charge in [-0.25, -0.2) is 6.72 Å². The summed E-state index contributed by atoms with van der Waals surface area (Å²) in [7, 11) is -1.78. The fourth-order valence-electron chi connectivity index (χ4n) is 0. The van der Waals surface area contributed by atoms with Crippen LogP contribution in [0.25, 0.3) is 0 Å². The molecule has 0 aliphatic carbocycles. The van der Waals surface area contributed by atoms with Gasteiger partial charge in [0.1, 0.15) is 32.6 Å². The zero-order valence-electron chi connectivity index (χ0n) is 2.05. The first-order chi connectivity index (χ1) is 2.27. The van der Waals surface area contributed by atoms with Crippen LogP contribution in [0.2, 0.25) is 0 Å². The average Bonchev–Trinajstić information content (AvgIpc) is 1.38. The molecule has 0 aliphatic heterocycles. The van der Waals surface area contributed by atoms with E-state index >= 15 is 0 Å². The molecule has 0 amide bonds. The summed E-state index contributed by atoms with van der Waals surface area (Å²) in [5.41, 5.74) is 0. The average molecular weight is 224 g/mol. The van der Waals surface area contributed by atoms with E-state index in [2.05, 4.69) is 13.7 Å². The van der Waals surface area contributed by atoms with E-state index in [0.29, 0.717) is 0 Å². The monoisotopic (exact) mass is 224 g/mol. The second kappa shape index (κ2) is 3.26. The summed E-state index contributed by atoms with van der Waals surface area (Å²) in [5.74, 6) is 0. The lowest BCUT2D eigenvalue weighted by atomic mass is 15.9. The van der Waals surface area contributed by atoms with Crippen molar-refractivity contribution in [1.29, 1.82) is 0 Å². The van der Waals surface area contributed by atoms with Crippen LogP contribution in [0.3, 0.4) is 0 Å². The zero-order valence-corrected chi connectivity index (χ0v) is 5.92. The van der Waals surface area contributed by atoms with E-state index in [1.165, 1.54) is 23.0 Å². The molecule has 0 saturated heterocycles. The molecule has 0 saturated carbocycles. The fraction of sp³-hybridized carbons (Fsp3) is 0. The van der Waals surface area contributed by atoms with Crippen molar-refractivity contribution in [2.75, 3.05) is 0 Å². The van der Waals surface area contributed by atoms with Gasteiger partial charge in [0, 0.05) is 11.2 Å². The van der Waals surface area contributed by atoms with Crippen LogP contribution in [0.15, 0.2) is 0 Å². The lowest BCUT2D eigenvalue weighted by molar-refractivity contribution is 0.649. The molecule has 32 valence electrons. The van der Waals surface area contributed by atoms with Crippen molar-refractivity contribution < 1.29 is 6.72 Å². The summed E-state index contributed by atoms with van der Waals surface area (Å²) in [4.78, 5) is 0. The molecular weight excluding hydrogens is 223 g/mol. The molecule has 5 heavy (non-hydrogen) atoms. The highest BCUT2D eigenvalue weighted by Gasteiger charge is 1.60. The Morgan fingerprint density at radius 3 is 2.20 bits per heavy atom. The van der Waals surface area contributed by atoms with E-state index in [4.69, 9.17) is 0 Å². The number of halogens is 1. The SMILES string of the molecule is O=[SH](=S)OI. The first-order valence-corrected chi connectivity index (χ1v) is 3.77. The molecule has 0 rings (SSSR count). The van der Waals surface area contributed by atoms with Gasteiger partial charge in [0.15, 0.2) is 0 Å². The van der Waals surface area contributed by atoms with Crippen LogP contribution in [0.5, 0.6) is 0 Å². The van der Waals surface area contributed by atoms with Gasteiger partial charge in [0.05, 0.1) is 0 Å². The Kier molecular flexibility index (Phi) is 3.95. The number of hydrogen-bond donors (Lipinski definition) is 1. The first kappa shape index (κ1) is 6.06. The minimum Gasteiger partial charge on any atom is -0.231 e. The quantitative estimate of drug-likeness (QED) is 0.509. The van der Waals surface area contributed by atoms with Gasteiger partial charge in [-0.15, -0.1) is 0 Å². The van der Waals surface area contributed by atoms with Crippen molar-refractivity contribution in [2.45, 2.75) is 0 Å². The Morgan fingerprint density at radius 2 is 2.20 bits per heavy atom. The van der Waals surface area contributed by atoms with E-state index in [1.807, 2.05) is 0 Å². The van der Waals surface area contributed by atoms with Crippen molar-refractivity contribution in [1.82, 2.24) is 0 Å². The summed E-state index contributed by atoms with van der Waals surface area (Å²) in [6.07, 6.45) is 0. The highest BCUT2D eigenvalue weighted by molar-refractivity contribution is 14.1. The van der Waals surface area contributed by atoms with Gasteiger partial charge in [-0.05, 0) is 0 Å². The van der Waals surface area contributed by atoms with Crippen LogP contribution in [0.1, 0.15) is 0 Å². The molecule has 0 aromatic rings. The highest BCUT2D eigenvalue weighted by Crippen LogP contribution is 1.80. The lowest BCUT2D eigenvalue weighted by Crippen LogP contribution is -1.60. The Balaban J connectivity index is 3.23. The normalized spacial score (nSPS) is 14.6. The number of hydrogen-bond acceptors (Lipinski definition) is 3. The van der Waals surface area contributed by atoms with Crippen molar-refractivity contribution in [3.63, 3.8) is 0 Å². The van der Waals surface area contributed by atoms with Crippen LogP contribution in [0, 0.1) is 0 Å². The van der Waals surface area contributed by atoms with Crippen LogP contribution in [0.4, 0.5) is 0 Å². The molecule has 5 heteroatoms. The Hall–Kier alpha value is 1.06. The Morgan fingerprint density at radius 1 is 2.00 bits per heavy atom. The fourth-order valence-corrected chi connectivity index (χ4v) is 0. The number of thiol groups is 1. The molecule has 1 atom stereocenters. The summed E-state index contributed by atoms with van der Waals surface area (Å²) < 4.78 is 13.6. The molecule has 2 nitrogen and oxygen atoms in total. The molecule has 0 fully saturated rings. The molecule has 0 aromatic carbocycles. The van der Waals surface area contributed by atoms with Gasteiger partial charge in [0.2, 0.25) is 0 Å². The van der Waals surface area contributed by atoms with Gasteiger partial charge >= 0.3 is 0 Å². The van der Waals surface area contributed by atoms with E-state index in [1.54, 1.807) is 0 Å². The second-order valence-electron chi connectivity index (χ2n) is 0.293. The summed E-state index contributed by atoms with van der Waals surface area (Å²) in [6, 6.07) is 0. The molecule has 0 aromatic heterocycles. The van der Waals surface area contributed by atoms with Crippen LogP contribution < -0.4 is 0 Å². The van der Waals surface area contributed by atoms with Gasteiger partial charge in [-0.1, -0.05) is 0 Å². The topological polar surface area (TPSA) is 26.3 Å². The molecule has 0 bridgehead atoms. The maximum atomic E-state index is 9.55. The highest BCUT2D eigenvalue weighted by atomic mass is 127. The molecule has 0 N–H and O–H groups in total. The van der Waals surface area contributed by atoms with Gasteiger partial charge < -0.3 is 0 Å². The Bertz CT molecular complexity index is 65.7. The minimum atomic E-state index is -1.78. The molecule has 0 radical (unpaired) electrons. The van der Waals surface area contributed by atoms with Crippen LogP contribution >= 0.6 is 23.0 Å². The molecule has 0 spiro atoms. The third-order valence-electron chi connectivity index (χ3n) is 0.0563. The number of rotatable bonds is 1. The third kappa shape index (κ3) is 5.06. The molecule has 0 heterocycles. The van der Waals surface area contributed by atoms with E-state index in [9.17, 15) is 4.21 Å². The largest absolute Gasteiger partial charge is 0.231 e. The van der Waals surface area contributed by atoms with Crippen molar-refractivity contribution in [3.05, 3.63) is 0 Å². The molecular formula is HIO2S2. The summed E-state index contributed by atoms with van der Waals surface area (Å²) >= 11 is 5.55. The van der Waals surface area contributed by atoms with Gasteiger partial charge in [-0.2, -0.15) is 0 Å². The Labute approximate surface area is 50.5 Å². The maximum Gasteiger partial charge on any atom is 0.142 e. The van der Waals surface area contributed by atoms with Crippen LogP contribution in [-0.4, -0.2) is 4.21 Å². The predicted molar refractivity (Wildman–Crippen MR) is 32.0 cm³/mol. The van der Waals surface area contributed by atoms with Crippen molar-refractivity contribution in [3.8, 4) is 0 Å². The van der Waals surface area contributed by atoms with Crippen molar-refractivity contribution >= 4 is 43.8 Å². The van der Waals surface area contributed by atoms with Crippen molar-refractivity contribution in [2.24, 2.45) is 0 Å². The molecule has 0 aliphatic rings. The summed E-state index contributed by atoms with van der Waals surface area (Å²) in [5, 5.41) is 0. The zero-order chi connectivity index (χ0) is 4.28. The second-order valence-corrected chi connectivity index (χ2v) is 2.95. The van der Waals surface area contributed by atoms with Gasteiger partial charge in [-0.3, -0.25) is 0 Å². The molecule has 1 unspecified atom stereocenters. The van der Waals surface area contributed by atoms with Crippen LogP contribution in [-0.2, 0) is 23.3 Å². The smallest absolute Gasteiger partial charge is 0.142 e. The maximum absolute atomic E-state index is 9.55. The van der Waals surface area contributed by atoms with Gasteiger partial charge in [0.25, 0.3) is 0 Å². The lowest BCUT2D eigenvalue weighted by Gasteiger charge is -1.65. The predicted octanol–water partition coefficient (Wildman–Crippen LogP) is 0.211. The standard InChI is InChI=1S/HIO2S2/c1-3-5(2)4/h5H. The van der Waals surface area contributed by atoms with E-state index in [0.717, 1.165) is 0 Å². The van der Waals surface area contributed by atoms with E-state index in [-0.39, 0.29) is 0 Å². The van der Waals surface area contributed by atoms with E-state index < -0.39 is 9.64 Å². The summed E-state index contributed by atoms with van der Waals surface area (Å²) in [6.45, 7) is 0. The minimum absolute atomic E-state index is 1.49. The first-order valence-electron chi connectivity index (χ1n) is 0.702. The third-order valence-corrected chi connectivity index (χ3v) is 2.27.